The average molecular weight is 392 g/mol. The Kier molecular flexibility index (Phi) is 4.22. The fourth-order valence-corrected chi connectivity index (χ4v) is 5.61. The van der Waals surface area contributed by atoms with E-state index in [1.165, 1.54) is 6.92 Å². The van der Waals surface area contributed by atoms with Gasteiger partial charge in [-0.05, 0) is 42.4 Å². The lowest BCUT2D eigenvalue weighted by Gasteiger charge is -2.43. The van der Waals surface area contributed by atoms with Gasteiger partial charge in [-0.3, -0.25) is 9.09 Å². The third-order valence-corrected chi connectivity index (χ3v) is 6.70. The van der Waals surface area contributed by atoms with Crippen LogP contribution in [0.25, 0.3) is 0 Å². The normalized spacial score (nSPS) is 34.3. The van der Waals surface area contributed by atoms with E-state index in [9.17, 15) is 13.3 Å². The zero-order chi connectivity index (χ0) is 13.4. The van der Waals surface area contributed by atoms with E-state index < -0.39 is 18.9 Å². The first-order valence-electron chi connectivity index (χ1n) is 6.07. The molecule has 1 aliphatic heterocycles. The van der Waals surface area contributed by atoms with Crippen molar-refractivity contribution in [2.45, 2.75) is 50.3 Å². The Balaban J connectivity index is 2.39. The van der Waals surface area contributed by atoms with Crippen molar-refractivity contribution in [3.8, 4) is 0 Å². The molecule has 0 radical (unpaired) electrons. The number of allylic oxidation sites excluding steroid dienone is 1. The molecule has 1 unspecified atom stereocenters. The maximum Gasteiger partial charge on any atom is 0.404 e. The van der Waals surface area contributed by atoms with Gasteiger partial charge in [0.1, 0.15) is 5.60 Å². The highest BCUT2D eigenvalue weighted by atomic mass is 127. The van der Waals surface area contributed by atoms with Crippen LogP contribution in [-0.2, 0) is 13.6 Å². The van der Waals surface area contributed by atoms with Gasteiger partial charge in [-0.15, -0.1) is 0 Å². The average Bonchev–Trinajstić information content (AvgIpc) is 2.28. The summed E-state index contributed by atoms with van der Waals surface area (Å²) in [4.78, 5) is 0. The van der Waals surface area contributed by atoms with Crippen molar-refractivity contribution < 1.29 is 22.4 Å². The summed E-state index contributed by atoms with van der Waals surface area (Å²) in [5, 5.41) is 0. The Labute approximate surface area is 119 Å². The first kappa shape index (κ1) is 14.9. The maximum absolute atomic E-state index is 13.8. The van der Waals surface area contributed by atoms with Crippen LogP contribution >= 0.6 is 30.2 Å². The van der Waals surface area contributed by atoms with Crippen LogP contribution in [0.15, 0.2) is 9.66 Å². The Morgan fingerprint density at radius 3 is 2.61 bits per heavy atom. The zero-order valence-corrected chi connectivity index (χ0v) is 13.2. The van der Waals surface area contributed by atoms with E-state index in [1.54, 1.807) is 0 Å². The molecule has 0 saturated heterocycles. The topological polar surface area (TPSA) is 35.5 Å². The molecule has 0 N–H and O–H groups in total. The van der Waals surface area contributed by atoms with E-state index in [2.05, 4.69) is 0 Å². The summed E-state index contributed by atoms with van der Waals surface area (Å²) in [6, 6.07) is 0. The molecular formula is C11H16F2IO3P. The molecule has 0 bridgehead atoms. The Morgan fingerprint density at radius 2 is 2.06 bits per heavy atom. The monoisotopic (exact) mass is 392 g/mol. The molecule has 1 atom stereocenters. The molecule has 1 spiro atoms. The highest BCUT2D eigenvalue weighted by Gasteiger charge is 2.60. The molecule has 2 aliphatic rings. The summed E-state index contributed by atoms with van der Waals surface area (Å²) in [6.45, 7) is 1.49. The molecule has 3 nitrogen and oxygen atoms in total. The van der Waals surface area contributed by atoms with Crippen LogP contribution in [0, 0.1) is 0 Å². The van der Waals surface area contributed by atoms with Crippen molar-refractivity contribution in [3.63, 3.8) is 0 Å². The quantitative estimate of drug-likeness (QED) is 0.498. The minimum atomic E-state index is -4.40. The number of alkyl halides is 2. The summed E-state index contributed by atoms with van der Waals surface area (Å²) in [5.74, 6) is 0. The van der Waals surface area contributed by atoms with Crippen LogP contribution in [-0.4, -0.2) is 17.9 Å². The molecule has 1 saturated carbocycles. The summed E-state index contributed by atoms with van der Waals surface area (Å²) in [5.41, 5.74) is -4.34. The number of rotatable bonds is 2. The van der Waals surface area contributed by atoms with Gasteiger partial charge < -0.3 is 4.52 Å². The second-order valence-corrected chi connectivity index (χ2v) is 7.84. The van der Waals surface area contributed by atoms with Crippen molar-refractivity contribution in [1.29, 1.82) is 0 Å². The molecule has 0 aromatic carbocycles. The summed E-state index contributed by atoms with van der Waals surface area (Å²) < 4.78 is 50.6. The van der Waals surface area contributed by atoms with Gasteiger partial charge in [0.2, 0.25) is 0 Å². The van der Waals surface area contributed by atoms with Crippen LogP contribution in [0.5, 0.6) is 0 Å². The molecule has 7 heteroatoms. The van der Waals surface area contributed by atoms with Gasteiger partial charge >= 0.3 is 13.3 Å². The predicted octanol–water partition coefficient (Wildman–Crippen LogP) is 4.86. The molecule has 1 heterocycles. The second-order valence-electron chi connectivity index (χ2n) is 4.64. The minimum absolute atomic E-state index is 0.0482. The van der Waals surface area contributed by atoms with E-state index >= 15 is 0 Å². The van der Waals surface area contributed by atoms with Gasteiger partial charge in [0, 0.05) is 9.66 Å². The van der Waals surface area contributed by atoms with Gasteiger partial charge in [0.15, 0.2) is 0 Å². The molecule has 0 aromatic heterocycles. The number of hydrogen-bond acceptors (Lipinski definition) is 3. The predicted molar refractivity (Wildman–Crippen MR) is 73.2 cm³/mol. The maximum atomic E-state index is 13.8. The molecular weight excluding hydrogens is 376 g/mol. The first-order valence-corrected chi connectivity index (χ1v) is 8.69. The minimum Gasteiger partial charge on any atom is -0.304 e. The largest absolute Gasteiger partial charge is 0.404 e. The molecule has 1 aliphatic carbocycles. The third kappa shape index (κ3) is 2.41. The van der Waals surface area contributed by atoms with E-state index in [0.29, 0.717) is 16.4 Å². The van der Waals surface area contributed by atoms with Crippen molar-refractivity contribution in [2.75, 3.05) is 6.61 Å². The lowest BCUT2D eigenvalue weighted by Crippen LogP contribution is -2.41. The molecule has 104 valence electrons. The first-order chi connectivity index (χ1) is 8.35. The van der Waals surface area contributed by atoms with Crippen molar-refractivity contribution in [2.24, 2.45) is 0 Å². The van der Waals surface area contributed by atoms with Gasteiger partial charge in [-0.1, -0.05) is 19.3 Å². The fraction of sp³-hybridized carbons (Fsp3) is 0.818. The number of hydrogen-bond donors (Lipinski definition) is 0. The molecule has 18 heavy (non-hydrogen) atoms. The summed E-state index contributed by atoms with van der Waals surface area (Å²) in [7, 11) is -4.40. The van der Waals surface area contributed by atoms with Gasteiger partial charge in [-0.2, -0.15) is 8.78 Å². The number of halogens is 3. The lowest BCUT2D eigenvalue weighted by molar-refractivity contribution is -0.00228. The molecule has 2 rings (SSSR count). The highest BCUT2D eigenvalue weighted by molar-refractivity contribution is 14.1. The van der Waals surface area contributed by atoms with Crippen molar-refractivity contribution in [1.82, 2.24) is 0 Å². The highest BCUT2D eigenvalue weighted by Crippen LogP contribution is 2.70. The van der Waals surface area contributed by atoms with Crippen LogP contribution in [0.3, 0.4) is 0 Å². The van der Waals surface area contributed by atoms with E-state index in [-0.39, 0.29) is 6.61 Å². The summed E-state index contributed by atoms with van der Waals surface area (Å²) >= 11 is 1.88. The van der Waals surface area contributed by atoms with Crippen LogP contribution < -0.4 is 0 Å². The van der Waals surface area contributed by atoms with Gasteiger partial charge in [0.05, 0.1) is 6.61 Å². The zero-order valence-electron chi connectivity index (χ0n) is 10.1. The Bertz CT molecular complexity index is 405. The van der Waals surface area contributed by atoms with E-state index in [1.807, 2.05) is 22.6 Å². The van der Waals surface area contributed by atoms with Crippen LogP contribution in [0.2, 0.25) is 0 Å². The lowest BCUT2D eigenvalue weighted by atomic mass is 9.84. The van der Waals surface area contributed by atoms with Crippen LogP contribution in [0.4, 0.5) is 8.78 Å². The Morgan fingerprint density at radius 1 is 1.44 bits per heavy atom. The molecule has 1 fully saturated rings. The molecule has 0 aromatic rings. The van der Waals surface area contributed by atoms with E-state index in [4.69, 9.17) is 9.05 Å². The fourth-order valence-electron chi connectivity index (χ4n) is 2.43. The SMILES string of the molecule is CCOP1(=O)OC2(CCCCC2)C(I)=CC1(F)F. The smallest absolute Gasteiger partial charge is 0.304 e. The Hall–Kier alpha value is 0.480. The van der Waals surface area contributed by atoms with Crippen molar-refractivity contribution in [3.05, 3.63) is 9.66 Å². The van der Waals surface area contributed by atoms with E-state index in [0.717, 1.165) is 25.3 Å². The van der Waals surface area contributed by atoms with Crippen LogP contribution in [0.1, 0.15) is 39.0 Å². The van der Waals surface area contributed by atoms with Crippen molar-refractivity contribution >= 4 is 30.2 Å². The van der Waals surface area contributed by atoms with Gasteiger partial charge in [-0.25, -0.2) is 0 Å². The summed E-state index contributed by atoms with van der Waals surface area (Å²) in [6.07, 6.45) is 4.91. The second kappa shape index (κ2) is 5.11. The third-order valence-electron chi connectivity index (χ3n) is 3.36. The standard InChI is InChI=1S/C11H16F2IO3P/c1-2-16-18(15)11(12,13)8-9(14)10(17-18)6-4-3-5-7-10/h8H,2-7H2,1H3. The van der Waals surface area contributed by atoms with Gasteiger partial charge in [0.25, 0.3) is 0 Å². The molecule has 0 amide bonds.